The molecule has 0 spiro atoms. The molecule has 0 aromatic carbocycles. The van der Waals surface area contributed by atoms with Gasteiger partial charge in [0.2, 0.25) is 0 Å². The van der Waals surface area contributed by atoms with E-state index in [-0.39, 0.29) is 0 Å². The van der Waals surface area contributed by atoms with Gasteiger partial charge >= 0.3 is 0 Å². The van der Waals surface area contributed by atoms with E-state index < -0.39 is 0 Å². The maximum atomic E-state index is 3.61. The van der Waals surface area contributed by atoms with Crippen molar-refractivity contribution in [1.29, 1.82) is 0 Å². The molecule has 0 aromatic rings. The highest BCUT2D eigenvalue weighted by Gasteiger charge is 2.04. The van der Waals surface area contributed by atoms with Crippen LogP contribution in [0.1, 0.15) is 65.2 Å². The Morgan fingerprint density at radius 1 is 1.00 bits per heavy atom. The number of rotatable bonds is 12. The van der Waals surface area contributed by atoms with Gasteiger partial charge in [-0.15, -0.1) is 0 Å². The molecule has 0 aliphatic rings. The summed E-state index contributed by atoms with van der Waals surface area (Å²) in [5, 5.41) is 4.77. The summed E-state index contributed by atoms with van der Waals surface area (Å²) in [6, 6.07) is 0. The van der Waals surface area contributed by atoms with Crippen LogP contribution in [-0.4, -0.2) is 18.4 Å². The van der Waals surface area contributed by atoms with Crippen molar-refractivity contribution < 1.29 is 0 Å². The first-order valence-electron chi connectivity index (χ1n) is 7.11. The molecule has 2 heteroatoms. The minimum atomic E-state index is 0.905. The predicted molar refractivity (Wildman–Crippen MR) is 78.4 cm³/mol. The summed E-state index contributed by atoms with van der Waals surface area (Å²) in [5.41, 5.74) is 0. The van der Waals surface area contributed by atoms with E-state index in [1.54, 1.807) is 0 Å². The molecule has 1 atom stereocenters. The van der Waals surface area contributed by atoms with E-state index in [9.17, 15) is 0 Å². The highest BCUT2D eigenvalue weighted by Crippen LogP contribution is 2.11. The Bertz CT molecular complexity index is 128. The second-order valence-electron chi connectivity index (χ2n) is 4.72. The smallest absolute Gasteiger partial charge is 0.00313 e. The fourth-order valence-corrected chi connectivity index (χ4v) is 2.34. The molecule has 98 valence electrons. The number of alkyl halides is 1. The van der Waals surface area contributed by atoms with Crippen LogP contribution in [0.25, 0.3) is 0 Å². The minimum Gasteiger partial charge on any atom is -0.316 e. The van der Waals surface area contributed by atoms with Crippen molar-refractivity contribution in [3.05, 3.63) is 0 Å². The molecule has 0 radical (unpaired) electrons. The van der Waals surface area contributed by atoms with Crippen LogP contribution < -0.4 is 5.32 Å². The van der Waals surface area contributed by atoms with Crippen LogP contribution in [0.3, 0.4) is 0 Å². The molecule has 0 aromatic heterocycles. The van der Waals surface area contributed by atoms with Crippen LogP contribution in [0.4, 0.5) is 0 Å². The number of hydrogen-bond acceptors (Lipinski definition) is 1. The summed E-state index contributed by atoms with van der Waals surface area (Å²) >= 11 is 3.47. The summed E-state index contributed by atoms with van der Waals surface area (Å²) < 4.78 is 0. The van der Waals surface area contributed by atoms with E-state index >= 15 is 0 Å². The van der Waals surface area contributed by atoms with Crippen LogP contribution in [0.2, 0.25) is 0 Å². The molecule has 1 N–H and O–H groups in total. The van der Waals surface area contributed by atoms with Gasteiger partial charge in [-0.1, -0.05) is 61.9 Å². The van der Waals surface area contributed by atoms with Gasteiger partial charge in [0.15, 0.2) is 0 Å². The van der Waals surface area contributed by atoms with Crippen molar-refractivity contribution in [2.45, 2.75) is 65.2 Å². The molecule has 1 unspecified atom stereocenters. The topological polar surface area (TPSA) is 12.0 Å². The molecule has 0 bridgehead atoms. The normalized spacial score (nSPS) is 12.9. The quantitative estimate of drug-likeness (QED) is 0.404. The second-order valence-corrected chi connectivity index (χ2v) is 5.52. The van der Waals surface area contributed by atoms with Gasteiger partial charge in [-0.3, -0.25) is 0 Å². The Balaban J connectivity index is 3.20. The molecule has 16 heavy (non-hydrogen) atoms. The third-order valence-corrected chi connectivity index (χ3v) is 3.77. The van der Waals surface area contributed by atoms with Gasteiger partial charge < -0.3 is 5.32 Å². The first-order chi connectivity index (χ1) is 7.85. The van der Waals surface area contributed by atoms with Crippen molar-refractivity contribution in [1.82, 2.24) is 5.32 Å². The predicted octanol–water partition coefficient (Wildman–Crippen LogP) is 4.75. The fourth-order valence-electron chi connectivity index (χ4n) is 1.95. The summed E-state index contributed by atoms with van der Waals surface area (Å²) in [6.45, 7) is 7.04. The van der Waals surface area contributed by atoms with Gasteiger partial charge in [-0.2, -0.15) is 0 Å². The van der Waals surface area contributed by atoms with Crippen molar-refractivity contribution in [3.63, 3.8) is 0 Å². The standard InChI is InChI=1S/C14H30BrN/c1-3-5-10-14(4-2)13-16-12-9-7-6-8-11-15/h14,16H,3-13H2,1-2H3. The molecule has 0 saturated carbocycles. The third-order valence-electron chi connectivity index (χ3n) is 3.21. The average molecular weight is 292 g/mol. The largest absolute Gasteiger partial charge is 0.316 e. The molecule has 0 aliphatic carbocycles. The van der Waals surface area contributed by atoms with E-state index in [1.165, 1.54) is 64.5 Å². The summed E-state index contributed by atoms with van der Waals surface area (Å²) in [7, 11) is 0. The van der Waals surface area contributed by atoms with Gasteiger partial charge in [0, 0.05) is 5.33 Å². The first-order valence-corrected chi connectivity index (χ1v) is 8.23. The number of hydrogen-bond donors (Lipinski definition) is 1. The minimum absolute atomic E-state index is 0.905. The monoisotopic (exact) mass is 291 g/mol. The first kappa shape index (κ1) is 16.4. The Hall–Kier alpha value is 0.440. The molecule has 0 heterocycles. The SMILES string of the molecule is CCCCC(CC)CNCCCCCCBr. The zero-order chi connectivity index (χ0) is 12.1. The molecular formula is C14H30BrN. The molecular weight excluding hydrogens is 262 g/mol. The van der Waals surface area contributed by atoms with Gasteiger partial charge in [0.05, 0.1) is 0 Å². The number of nitrogens with one attached hydrogen (secondary N) is 1. The number of halogens is 1. The van der Waals surface area contributed by atoms with Crippen molar-refractivity contribution in [2.24, 2.45) is 5.92 Å². The van der Waals surface area contributed by atoms with E-state index in [4.69, 9.17) is 0 Å². The van der Waals surface area contributed by atoms with Crippen molar-refractivity contribution in [3.8, 4) is 0 Å². The molecule has 0 rings (SSSR count). The van der Waals surface area contributed by atoms with Crippen LogP contribution in [0.5, 0.6) is 0 Å². The lowest BCUT2D eigenvalue weighted by Gasteiger charge is -2.15. The molecule has 0 aliphatic heterocycles. The van der Waals surface area contributed by atoms with E-state index in [0.29, 0.717) is 0 Å². The van der Waals surface area contributed by atoms with Crippen molar-refractivity contribution in [2.75, 3.05) is 18.4 Å². The molecule has 1 nitrogen and oxygen atoms in total. The van der Waals surface area contributed by atoms with Gasteiger partial charge in [-0.05, 0) is 38.3 Å². The zero-order valence-corrected chi connectivity index (χ0v) is 12.8. The number of unbranched alkanes of at least 4 members (excludes halogenated alkanes) is 4. The lowest BCUT2D eigenvalue weighted by molar-refractivity contribution is 0.416. The lowest BCUT2D eigenvalue weighted by Crippen LogP contribution is -2.23. The van der Waals surface area contributed by atoms with Crippen molar-refractivity contribution >= 4 is 15.9 Å². The van der Waals surface area contributed by atoms with Gasteiger partial charge in [0.25, 0.3) is 0 Å². The van der Waals surface area contributed by atoms with E-state index in [2.05, 4.69) is 35.1 Å². The average Bonchev–Trinajstić information content (AvgIpc) is 2.32. The Kier molecular flexibility index (Phi) is 13.9. The van der Waals surface area contributed by atoms with Gasteiger partial charge in [0.1, 0.15) is 0 Å². The van der Waals surface area contributed by atoms with Crippen LogP contribution in [0, 0.1) is 5.92 Å². The maximum absolute atomic E-state index is 3.61. The summed E-state index contributed by atoms with van der Waals surface area (Å²) in [6.07, 6.45) is 10.9. The summed E-state index contributed by atoms with van der Waals surface area (Å²) in [5.74, 6) is 0.905. The maximum Gasteiger partial charge on any atom is 0.00313 e. The summed E-state index contributed by atoms with van der Waals surface area (Å²) in [4.78, 5) is 0. The van der Waals surface area contributed by atoms with Crippen LogP contribution in [-0.2, 0) is 0 Å². The highest BCUT2D eigenvalue weighted by atomic mass is 79.9. The Morgan fingerprint density at radius 3 is 2.38 bits per heavy atom. The van der Waals surface area contributed by atoms with E-state index in [0.717, 1.165) is 11.2 Å². The lowest BCUT2D eigenvalue weighted by atomic mass is 9.99. The van der Waals surface area contributed by atoms with Crippen LogP contribution in [0.15, 0.2) is 0 Å². The second kappa shape index (κ2) is 13.5. The molecule has 0 saturated heterocycles. The van der Waals surface area contributed by atoms with E-state index in [1.807, 2.05) is 0 Å². The highest BCUT2D eigenvalue weighted by molar-refractivity contribution is 9.09. The fraction of sp³-hybridized carbons (Fsp3) is 1.00. The Labute approximate surface area is 111 Å². The zero-order valence-electron chi connectivity index (χ0n) is 11.2. The third kappa shape index (κ3) is 10.9. The van der Waals surface area contributed by atoms with Crippen LogP contribution >= 0.6 is 15.9 Å². The Morgan fingerprint density at radius 2 is 1.75 bits per heavy atom. The van der Waals surface area contributed by atoms with Gasteiger partial charge in [-0.25, -0.2) is 0 Å². The molecule has 0 fully saturated rings. The molecule has 0 amide bonds.